The standard InChI is InChI=1S/C25H28N6O/c32-25(30-17-15-29(16-18-30)23-10-4-5-13-26-23)21-9-6-14-31(19-21)24-12-11-22(27-28-24)20-7-2-1-3-8-20/h1-5,7-8,10-13,21H,6,9,14-19H2. The maximum atomic E-state index is 13.2. The van der Waals surface area contributed by atoms with Crippen LogP contribution in [0.1, 0.15) is 12.8 Å². The molecule has 1 atom stereocenters. The number of hydrogen-bond acceptors (Lipinski definition) is 6. The summed E-state index contributed by atoms with van der Waals surface area (Å²) in [4.78, 5) is 24.2. The highest BCUT2D eigenvalue weighted by Gasteiger charge is 2.31. The zero-order valence-corrected chi connectivity index (χ0v) is 18.2. The number of piperidine rings is 1. The highest BCUT2D eigenvalue weighted by Crippen LogP contribution is 2.25. The molecule has 7 nitrogen and oxygen atoms in total. The monoisotopic (exact) mass is 428 g/mol. The van der Waals surface area contributed by atoms with Gasteiger partial charge in [-0.25, -0.2) is 4.98 Å². The van der Waals surface area contributed by atoms with Crippen LogP contribution >= 0.6 is 0 Å². The van der Waals surface area contributed by atoms with Crippen LogP contribution < -0.4 is 9.80 Å². The molecule has 5 rings (SSSR count). The normalized spacial score (nSPS) is 19.1. The van der Waals surface area contributed by atoms with Crippen molar-refractivity contribution in [3.8, 4) is 11.3 Å². The Labute approximate surface area is 188 Å². The first-order valence-corrected chi connectivity index (χ1v) is 11.4. The molecule has 0 radical (unpaired) electrons. The van der Waals surface area contributed by atoms with Crippen molar-refractivity contribution in [2.75, 3.05) is 49.1 Å². The first-order chi connectivity index (χ1) is 15.8. The molecule has 0 spiro atoms. The highest BCUT2D eigenvalue weighted by atomic mass is 16.2. The predicted molar refractivity (Wildman–Crippen MR) is 125 cm³/mol. The summed E-state index contributed by atoms with van der Waals surface area (Å²) in [6.45, 7) is 4.77. The van der Waals surface area contributed by atoms with Gasteiger partial charge in [-0.1, -0.05) is 36.4 Å². The summed E-state index contributed by atoms with van der Waals surface area (Å²) in [5.74, 6) is 2.12. The number of anilines is 2. The van der Waals surface area contributed by atoms with Crippen molar-refractivity contribution in [1.82, 2.24) is 20.1 Å². The van der Waals surface area contributed by atoms with Gasteiger partial charge < -0.3 is 14.7 Å². The lowest BCUT2D eigenvalue weighted by atomic mass is 9.96. The molecule has 32 heavy (non-hydrogen) atoms. The third-order valence-corrected chi connectivity index (χ3v) is 6.38. The van der Waals surface area contributed by atoms with E-state index in [4.69, 9.17) is 0 Å². The number of carbonyl (C=O) groups is 1. The van der Waals surface area contributed by atoms with Crippen molar-refractivity contribution in [2.45, 2.75) is 12.8 Å². The van der Waals surface area contributed by atoms with E-state index in [1.807, 2.05) is 71.8 Å². The molecule has 3 aromatic rings. The van der Waals surface area contributed by atoms with Crippen LogP contribution in [-0.4, -0.2) is 65.3 Å². The van der Waals surface area contributed by atoms with Gasteiger partial charge in [0, 0.05) is 51.0 Å². The molecule has 164 valence electrons. The van der Waals surface area contributed by atoms with Gasteiger partial charge in [0.15, 0.2) is 5.82 Å². The van der Waals surface area contributed by atoms with Gasteiger partial charge in [-0.3, -0.25) is 4.79 Å². The number of piperazine rings is 1. The molecule has 1 aromatic carbocycles. The van der Waals surface area contributed by atoms with Crippen LogP contribution in [0.15, 0.2) is 66.9 Å². The number of amides is 1. The SMILES string of the molecule is O=C(C1CCCN(c2ccc(-c3ccccc3)nn2)C1)N1CCN(c2ccccn2)CC1. The quantitative estimate of drug-likeness (QED) is 0.636. The number of hydrogen-bond donors (Lipinski definition) is 0. The maximum Gasteiger partial charge on any atom is 0.227 e. The van der Waals surface area contributed by atoms with Crippen LogP contribution in [0.4, 0.5) is 11.6 Å². The van der Waals surface area contributed by atoms with Gasteiger partial charge >= 0.3 is 0 Å². The fraction of sp³-hybridized carbons (Fsp3) is 0.360. The van der Waals surface area contributed by atoms with Crippen LogP contribution in [0, 0.1) is 5.92 Å². The Hall–Kier alpha value is -3.48. The van der Waals surface area contributed by atoms with Crippen molar-refractivity contribution in [1.29, 1.82) is 0 Å². The zero-order chi connectivity index (χ0) is 21.8. The lowest BCUT2D eigenvalue weighted by Gasteiger charge is -2.39. The Kier molecular flexibility index (Phi) is 5.96. The summed E-state index contributed by atoms with van der Waals surface area (Å²) in [6, 6.07) is 20.1. The van der Waals surface area contributed by atoms with Gasteiger partial charge in [-0.15, -0.1) is 10.2 Å². The highest BCUT2D eigenvalue weighted by molar-refractivity contribution is 5.80. The molecule has 0 N–H and O–H groups in total. The average Bonchev–Trinajstić information content (AvgIpc) is 2.89. The minimum absolute atomic E-state index is 0.0146. The number of aromatic nitrogens is 3. The second-order valence-corrected chi connectivity index (χ2v) is 8.43. The first-order valence-electron chi connectivity index (χ1n) is 11.4. The van der Waals surface area contributed by atoms with Crippen molar-refractivity contribution in [2.24, 2.45) is 5.92 Å². The van der Waals surface area contributed by atoms with Crippen LogP contribution in [0.3, 0.4) is 0 Å². The summed E-state index contributed by atoms with van der Waals surface area (Å²) in [6.07, 6.45) is 3.75. The Morgan fingerprint density at radius 3 is 2.31 bits per heavy atom. The molecule has 7 heteroatoms. The van der Waals surface area contributed by atoms with Gasteiger partial charge in [0.2, 0.25) is 5.91 Å². The smallest absolute Gasteiger partial charge is 0.227 e. The molecule has 2 aromatic heterocycles. The van der Waals surface area contributed by atoms with E-state index in [0.717, 1.165) is 68.5 Å². The predicted octanol–water partition coefficient (Wildman–Crippen LogP) is 3.10. The van der Waals surface area contributed by atoms with Gasteiger partial charge in [0.25, 0.3) is 0 Å². The van der Waals surface area contributed by atoms with E-state index in [0.29, 0.717) is 6.54 Å². The summed E-state index contributed by atoms with van der Waals surface area (Å²) < 4.78 is 0. The van der Waals surface area contributed by atoms with E-state index in [-0.39, 0.29) is 11.8 Å². The van der Waals surface area contributed by atoms with Crippen molar-refractivity contribution < 1.29 is 4.79 Å². The molecule has 2 aliphatic rings. The zero-order valence-electron chi connectivity index (χ0n) is 18.2. The molecule has 1 amide bonds. The number of rotatable bonds is 4. The van der Waals surface area contributed by atoms with E-state index in [9.17, 15) is 4.79 Å². The number of pyridine rings is 1. The molecule has 2 aliphatic heterocycles. The van der Waals surface area contributed by atoms with E-state index in [1.54, 1.807) is 0 Å². The maximum absolute atomic E-state index is 13.2. The van der Waals surface area contributed by atoms with Gasteiger partial charge in [0.05, 0.1) is 11.6 Å². The molecule has 0 saturated carbocycles. The number of benzene rings is 1. The fourth-order valence-electron chi connectivity index (χ4n) is 4.60. The van der Waals surface area contributed by atoms with Gasteiger partial charge in [0.1, 0.15) is 5.82 Å². The molecule has 4 heterocycles. The summed E-state index contributed by atoms with van der Waals surface area (Å²) in [5, 5.41) is 8.89. The lowest BCUT2D eigenvalue weighted by Crippen LogP contribution is -2.52. The Bertz CT molecular complexity index is 1020. The third kappa shape index (κ3) is 4.42. The molecule has 2 saturated heterocycles. The Balaban J connectivity index is 1.19. The second-order valence-electron chi connectivity index (χ2n) is 8.43. The van der Waals surface area contributed by atoms with Gasteiger partial charge in [-0.2, -0.15) is 0 Å². The van der Waals surface area contributed by atoms with Crippen LogP contribution in [0.2, 0.25) is 0 Å². The minimum atomic E-state index is 0.0146. The van der Waals surface area contributed by atoms with Crippen LogP contribution in [0.5, 0.6) is 0 Å². The summed E-state index contributed by atoms with van der Waals surface area (Å²) in [5.41, 5.74) is 1.92. The molecule has 0 bridgehead atoms. The van der Waals surface area contributed by atoms with Gasteiger partial charge in [-0.05, 0) is 37.1 Å². The largest absolute Gasteiger partial charge is 0.354 e. The molecular weight excluding hydrogens is 400 g/mol. The molecule has 2 fully saturated rings. The number of nitrogens with zero attached hydrogens (tertiary/aromatic N) is 6. The van der Waals surface area contributed by atoms with Crippen molar-refractivity contribution in [3.63, 3.8) is 0 Å². The van der Waals surface area contributed by atoms with Crippen LogP contribution in [0.25, 0.3) is 11.3 Å². The topological polar surface area (TPSA) is 65.5 Å². The lowest BCUT2D eigenvalue weighted by molar-refractivity contribution is -0.136. The third-order valence-electron chi connectivity index (χ3n) is 6.38. The summed E-state index contributed by atoms with van der Waals surface area (Å²) >= 11 is 0. The Morgan fingerprint density at radius 1 is 0.781 bits per heavy atom. The van der Waals surface area contributed by atoms with Crippen molar-refractivity contribution >= 4 is 17.5 Å². The fourth-order valence-corrected chi connectivity index (χ4v) is 4.60. The second kappa shape index (κ2) is 9.34. The van der Waals surface area contributed by atoms with E-state index >= 15 is 0 Å². The minimum Gasteiger partial charge on any atom is -0.354 e. The first kappa shape index (κ1) is 20.4. The average molecular weight is 429 g/mol. The van der Waals surface area contributed by atoms with Crippen LogP contribution in [-0.2, 0) is 4.79 Å². The molecule has 0 aliphatic carbocycles. The van der Waals surface area contributed by atoms with E-state index in [2.05, 4.69) is 25.0 Å². The Morgan fingerprint density at radius 2 is 1.59 bits per heavy atom. The summed E-state index contributed by atoms with van der Waals surface area (Å²) in [7, 11) is 0. The number of carbonyl (C=O) groups excluding carboxylic acids is 1. The van der Waals surface area contributed by atoms with Crippen molar-refractivity contribution in [3.05, 3.63) is 66.9 Å². The molecular formula is C25H28N6O. The van der Waals surface area contributed by atoms with E-state index in [1.165, 1.54) is 0 Å². The molecule has 1 unspecified atom stereocenters. The van der Waals surface area contributed by atoms with E-state index < -0.39 is 0 Å².